The second-order valence-electron chi connectivity index (χ2n) is 5.56. The predicted molar refractivity (Wildman–Crippen MR) is 84.4 cm³/mol. The van der Waals surface area contributed by atoms with Gasteiger partial charge in [-0.15, -0.1) is 10.2 Å². The van der Waals surface area contributed by atoms with E-state index in [1.165, 1.54) is 11.3 Å². The summed E-state index contributed by atoms with van der Waals surface area (Å²) in [6.45, 7) is 1.41. The Balaban J connectivity index is 1.62. The average Bonchev–Trinajstić information content (AvgIpc) is 3.24. The van der Waals surface area contributed by atoms with Gasteiger partial charge in [-0.25, -0.2) is 8.42 Å². The van der Waals surface area contributed by atoms with Gasteiger partial charge in [-0.2, -0.15) is 4.31 Å². The molecule has 2 aliphatic rings. The van der Waals surface area contributed by atoms with Crippen molar-refractivity contribution in [1.82, 2.24) is 14.5 Å². The van der Waals surface area contributed by atoms with E-state index in [9.17, 15) is 8.42 Å². The molecule has 1 aromatic heterocycles. The molecule has 0 radical (unpaired) electrons. The lowest BCUT2D eigenvalue weighted by Gasteiger charge is -2.24. The van der Waals surface area contributed by atoms with Crippen LogP contribution in [0.1, 0.15) is 12.8 Å². The lowest BCUT2D eigenvalue weighted by molar-refractivity contribution is 0.388. The first-order chi connectivity index (χ1) is 10.7. The molecule has 0 aliphatic carbocycles. The van der Waals surface area contributed by atoms with Crippen molar-refractivity contribution in [3.63, 3.8) is 0 Å². The summed E-state index contributed by atoms with van der Waals surface area (Å²) in [6, 6.07) is 8.95. The third-order valence-corrected chi connectivity index (χ3v) is 7.13. The molecule has 3 heterocycles. The largest absolute Gasteiger partial charge is 0.342 e. The zero-order valence-corrected chi connectivity index (χ0v) is 13.5. The third kappa shape index (κ3) is 2.13. The fraction of sp³-hybridized carbons (Fsp3) is 0.429. The van der Waals surface area contributed by atoms with Crippen molar-refractivity contribution in [2.45, 2.75) is 29.8 Å². The molecular weight excluding hydrogens is 320 g/mol. The van der Waals surface area contributed by atoms with Gasteiger partial charge in [-0.1, -0.05) is 29.5 Å². The predicted octanol–water partition coefficient (Wildman–Crippen LogP) is 1.58. The highest BCUT2D eigenvalue weighted by atomic mass is 32.2. The fourth-order valence-electron chi connectivity index (χ4n) is 3.50. The Morgan fingerprint density at radius 3 is 2.59 bits per heavy atom. The standard InChI is InChI=1S/C14H16N4O2S2/c19-22(20,11-4-2-1-3-5-11)18-9-7-12-13(18)6-8-17(12)14-16-15-10-21-14/h1-5,10,12-13H,6-9H2/t12-,13+/m0/s1. The van der Waals surface area contributed by atoms with Crippen molar-refractivity contribution >= 4 is 26.5 Å². The lowest BCUT2D eigenvalue weighted by atomic mass is 10.1. The van der Waals surface area contributed by atoms with E-state index in [1.54, 1.807) is 34.1 Å². The maximum absolute atomic E-state index is 12.9. The molecule has 2 atom stereocenters. The molecule has 2 aromatic rings. The summed E-state index contributed by atoms with van der Waals surface area (Å²) in [6.07, 6.45) is 1.69. The minimum atomic E-state index is -3.41. The second-order valence-corrected chi connectivity index (χ2v) is 8.26. The second kappa shape index (κ2) is 5.29. The van der Waals surface area contributed by atoms with Gasteiger partial charge in [-0.3, -0.25) is 0 Å². The van der Waals surface area contributed by atoms with Gasteiger partial charge in [0.15, 0.2) is 0 Å². The van der Waals surface area contributed by atoms with E-state index in [1.807, 2.05) is 6.07 Å². The smallest absolute Gasteiger partial charge is 0.243 e. The zero-order valence-electron chi connectivity index (χ0n) is 11.9. The molecule has 0 amide bonds. The maximum atomic E-state index is 12.9. The highest BCUT2D eigenvalue weighted by molar-refractivity contribution is 7.89. The summed E-state index contributed by atoms with van der Waals surface area (Å²) in [5.41, 5.74) is 1.72. The molecule has 0 saturated carbocycles. The van der Waals surface area contributed by atoms with Crippen LogP contribution in [0.15, 0.2) is 40.7 Å². The highest BCUT2D eigenvalue weighted by Gasteiger charge is 2.48. The van der Waals surface area contributed by atoms with E-state index < -0.39 is 10.0 Å². The van der Waals surface area contributed by atoms with E-state index in [-0.39, 0.29) is 12.1 Å². The normalized spacial score (nSPS) is 25.5. The van der Waals surface area contributed by atoms with Crippen molar-refractivity contribution in [3.05, 3.63) is 35.8 Å². The van der Waals surface area contributed by atoms with Gasteiger partial charge in [0.25, 0.3) is 0 Å². The Bertz CT molecular complexity index is 748. The highest BCUT2D eigenvalue weighted by Crippen LogP contribution is 2.38. The quantitative estimate of drug-likeness (QED) is 0.851. The van der Waals surface area contributed by atoms with Gasteiger partial charge < -0.3 is 4.90 Å². The topological polar surface area (TPSA) is 66.4 Å². The van der Waals surface area contributed by atoms with Crippen molar-refractivity contribution < 1.29 is 8.42 Å². The summed E-state index contributed by atoms with van der Waals surface area (Å²) in [4.78, 5) is 2.59. The van der Waals surface area contributed by atoms with Crippen LogP contribution in [-0.2, 0) is 10.0 Å². The molecule has 2 aliphatic heterocycles. The molecule has 0 unspecified atom stereocenters. The van der Waals surface area contributed by atoms with Crippen LogP contribution in [0, 0.1) is 0 Å². The first kappa shape index (κ1) is 14.1. The van der Waals surface area contributed by atoms with Crippen LogP contribution in [0.4, 0.5) is 5.13 Å². The number of fused-ring (bicyclic) bond motifs is 1. The fourth-order valence-corrected chi connectivity index (χ4v) is 5.87. The number of anilines is 1. The summed E-state index contributed by atoms with van der Waals surface area (Å²) in [5, 5.41) is 8.92. The molecule has 0 bridgehead atoms. The number of sulfonamides is 1. The van der Waals surface area contributed by atoms with Crippen molar-refractivity contribution in [2.75, 3.05) is 18.0 Å². The van der Waals surface area contributed by atoms with Crippen molar-refractivity contribution in [2.24, 2.45) is 0 Å². The summed E-state index contributed by atoms with van der Waals surface area (Å²) in [7, 11) is -3.41. The molecule has 2 fully saturated rings. The van der Waals surface area contributed by atoms with Crippen LogP contribution in [0.25, 0.3) is 0 Å². The molecule has 4 rings (SSSR count). The molecule has 22 heavy (non-hydrogen) atoms. The number of hydrogen-bond donors (Lipinski definition) is 0. The van der Waals surface area contributed by atoms with Gasteiger partial charge in [-0.05, 0) is 25.0 Å². The molecule has 0 spiro atoms. The van der Waals surface area contributed by atoms with Gasteiger partial charge >= 0.3 is 0 Å². The molecule has 6 nitrogen and oxygen atoms in total. The van der Waals surface area contributed by atoms with Crippen LogP contribution >= 0.6 is 11.3 Å². The molecule has 8 heteroatoms. The van der Waals surface area contributed by atoms with Gasteiger partial charge in [0, 0.05) is 25.2 Å². The van der Waals surface area contributed by atoms with Crippen LogP contribution in [-0.4, -0.2) is 48.1 Å². The molecule has 116 valence electrons. The lowest BCUT2D eigenvalue weighted by Crippen LogP contribution is -2.39. The molecular formula is C14H16N4O2S2. The Labute approximate surface area is 133 Å². The van der Waals surface area contributed by atoms with E-state index in [0.29, 0.717) is 11.4 Å². The maximum Gasteiger partial charge on any atom is 0.243 e. The Kier molecular flexibility index (Phi) is 3.39. The number of benzene rings is 1. The van der Waals surface area contributed by atoms with Crippen LogP contribution in [0.2, 0.25) is 0 Å². The number of aromatic nitrogens is 2. The Morgan fingerprint density at radius 2 is 1.86 bits per heavy atom. The third-order valence-electron chi connectivity index (χ3n) is 4.47. The van der Waals surface area contributed by atoms with Gasteiger partial charge in [0.05, 0.1) is 4.90 Å². The van der Waals surface area contributed by atoms with Crippen molar-refractivity contribution in [1.29, 1.82) is 0 Å². The van der Waals surface area contributed by atoms with E-state index in [2.05, 4.69) is 15.1 Å². The monoisotopic (exact) mass is 336 g/mol. The van der Waals surface area contributed by atoms with E-state index in [4.69, 9.17) is 0 Å². The first-order valence-electron chi connectivity index (χ1n) is 7.27. The van der Waals surface area contributed by atoms with E-state index in [0.717, 1.165) is 24.5 Å². The minimum absolute atomic E-state index is 0.0362. The van der Waals surface area contributed by atoms with Crippen LogP contribution in [0.5, 0.6) is 0 Å². The number of rotatable bonds is 3. The Morgan fingerprint density at radius 1 is 1.09 bits per heavy atom. The summed E-state index contributed by atoms with van der Waals surface area (Å²) < 4.78 is 27.4. The first-order valence-corrected chi connectivity index (χ1v) is 9.59. The number of nitrogens with zero attached hydrogens (tertiary/aromatic N) is 4. The minimum Gasteiger partial charge on any atom is -0.342 e. The molecule has 0 N–H and O–H groups in total. The van der Waals surface area contributed by atoms with Gasteiger partial charge in [0.1, 0.15) is 5.51 Å². The zero-order chi connectivity index (χ0) is 15.2. The molecule has 1 aromatic carbocycles. The van der Waals surface area contributed by atoms with Crippen LogP contribution in [0.3, 0.4) is 0 Å². The van der Waals surface area contributed by atoms with Crippen LogP contribution < -0.4 is 4.90 Å². The van der Waals surface area contributed by atoms with Gasteiger partial charge in [0.2, 0.25) is 15.2 Å². The van der Waals surface area contributed by atoms with Crippen molar-refractivity contribution in [3.8, 4) is 0 Å². The average molecular weight is 336 g/mol. The summed E-state index contributed by atoms with van der Waals surface area (Å²) in [5.74, 6) is 0. The van der Waals surface area contributed by atoms with E-state index >= 15 is 0 Å². The SMILES string of the molecule is O=S(=O)(c1ccccc1)N1CC[C@H]2[C@H]1CCN2c1nncs1. The summed E-state index contributed by atoms with van der Waals surface area (Å²) >= 11 is 1.51. The Hall–Kier alpha value is -1.51. The molecule has 2 saturated heterocycles. The number of hydrogen-bond acceptors (Lipinski definition) is 6.